The fourth-order valence-corrected chi connectivity index (χ4v) is 6.37. The van der Waals surface area contributed by atoms with Crippen LogP contribution in [0.25, 0.3) is 0 Å². The van der Waals surface area contributed by atoms with Crippen molar-refractivity contribution in [1.82, 2.24) is 4.90 Å². The van der Waals surface area contributed by atoms with E-state index in [1.54, 1.807) is 6.92 Å². The number of nitriles is 1. The van der Waals surface area contributed by atoms with Crippen LogP contribution in [0.5, 0.6) is 0 Å². The molecule has 142 valence electrons. The van der Waals surface area contributed by atoms with Gasteiger partial charge in [0.1, 0.15) is 11.1 Å². The Hall–Kier alpha value is -2.54. The first-order valence-corrected chi connectivity index (χ1v) is 11.1. The largest absolute Gasteiger partial charge is 0.463 e. The highest BCUT2D eigenvalue weighted by Crippen LogP contribution is 2.54. The quantitative estimate of drug-likeness (QED) is 0.745. The number of rotatable bonds is 4. The van der Waals surface area contributed by atoms with E-state index in [0.717, 1.165) is 9.75 Å². The molecule has 1 fully saturated rings. The molecule has 9 heteroatoms. The minimum Gasteiger partial charge on any atom is -0.463 e. The minimum atomic E-state index is -0.641. The van der Waals surface area contributed by atoms with Gasteiger partial charge in [0.25, 0.3) is 5.91 Å². The molecule has 0 unspecified atom stereocenters. The molecule has 2 aliphatic rings. The van der Waals surface area contributed by atoms with Gasteiger partial charge in [-0.15, -0.1) is 22.7 Å². The van der Waals surface area contributed by atoms with Crippen molar-refractivity contribution in [2.24, 2.45) is 5.73 Å². The second kappa shape index (κ2) is 7.47. The zero-order valence-electron chi connectivity index (χ0n) is 14.7. The summed E-state index contributed by atoms with van der Waals surface area (Å²) in [5.41, 5.74) is 6.77. The van der Waals surface area contributed by atoms with Gasteiger partial charge < -0.3 is 10.5 Å². The van der Waals surface area contributed by atoms with Crippen LogP contribution in [0.4, 0.5) is 0 Å². The predicted octanol–water partition coefficient (Wildman–Crippen LogP) is 3.69. The third kappa shape index (κ3) is 2.85. The number of hydrogen-bond donors (Lipinski definition) is 1. The summed E-state index contributed by atoms with van der Waals surface area (Å²) in [7, 11) is 0. The lowest BCUT2D eigenvalue weighted by atomic mass is 9.87. The Morgan fingerprint density at radius 3 is 2.54 bits per heavy atom. The van der Waals surface area contributed by atoms with E-state index in [4.69, 9.17) is 10.5 Å². The maximum Gasteiger partial charge on any atom is 0.337 e. The second-order valence-electron chi connectivity index (χ2n) is 5.99. The molecule has 2 aromatic rings. The SMILES string of the molecule is CCOC(=O)C1=C2S[C@H](c3cccs3)C(=O)N2C(N)=C(C#N)[C@@H]1c1cccs1. The zero-order valence-corrected chi connectivity index (χ0v) is 17.2. The van der Waals surface area contributed by atoms with Gasteiger partial charge in [0, 0.05) is 9.75 Å². The van der Waals surface area contributed by atoms with Gasteiger partial charge in [-0.1, -0.05) is 23.9 Å². The highest BCUT2D eigenvalue weighted by molar-refractivity contribution is 8.04. The number of nitrogens with zero attached hydrogens (tertiary/aromatic N) is 2. The molecule has 2 aliphatic heterocycles. The first-order chi connectivity index (χ1) is 13.6. The van der Waals surface area contributed by atoms with Crippen molar-refractivity contribution < 1.29 is 14.3 Å². The molecule has 2 aromatic heterocycles. The van der Waals surface area contributed by atoms with Crippen LogP contribution in [0, 0.1) is 11.3 Å². The Kier molecular flexibility index (Phi) is 5.02. The van der Waals surface area contributed by atoms with Gasteiger partial charge in [-0.25, -0.2) is 4.79 Å². The van der Waals surface area contributed by atoms with Gasteiger partial charge in [0.15, 0.2) is 0 Å². The van der Waals surface area contributed by atoms with E-state index in [-0.39, 0.29) is 23.9 Å². The molecule has 0 saturated carbocycles. The summed E-state index contributed by atoms with van der Waals surface area (Å²) in [6.07, 6.45) is 0. The second-order valence-corrected chi connectivity index (χ2v) is 9.04. The monoisotopic (exact) mass is 429 g/mol. The molecule has 4 rings (SSSR count). The number of allylic oxidation sites excluding steroid dienone is 1. The lowest BCUT2D eigenvalue weighted by molar-refractivity contribution is -0.138. The summed E-state index contributed by atoms with van der Waals surface area (Å²) in [6, 6.07) is 9.58. The molecule has 0 aliphatic carbocycles. The Bertz CT molecular complexity index is 1030. The molecule has 1 saturated heterocycles. The lowest BCUT2D eigenvalue weighted by Gasteiger charge is -2.30. The molecular weight excluding hydrogens is 414 g/mol. The van der Waals surface area contributed by atoms with Gasteiger partial charge in [-0.2, -0.15) is 5.26 Å². The summed E-state index contributed by atoms with van der Waals surface area (Å²) in [6.45, 7) is 1.92. The number of esters is 1. The number of nitrogens with two attached hydrogens (primary N) is 1. The summed E-state index contributed by atoms with van der Waals surface area (Å²) in [4.78, 5) is 29.0. The fourth-order valence-electron chi connectivity index (χ4n) is 3.28. The predicted molar refractivity (Wildman–Crippen MR) is 109 cm³/mol. The van der Waals surface area contributed by atoms with E-state index >= 15 is 0 Å². The Morgan fingerprint density at radius 2 is 1.96 bits per heavy atom. The molecule has 2 N–H and O–H groups in total. The zero-order chi connectivity index (χ0) is 19.8. The van der Waals surface area contributed by atoms with Crippen LogP contribution < -0.4 is 5.73 Å². The fraction of sp³-hybridized carbons (Fsp3) is 0.211. The summed E-state index contributed by atoms with van der Waals surface area (Å²) in [5, 5.41) is 13.5. The Labute approximate surface area is 173 Å². The van der Waals surface area contributed by atoms with Gasteiger partial charge in [0.2, 0.25) is 0 Å². The van der Waals surface area contributed by atoms with E-state index in [9.17, 15) is 14.9 Å². The number of ether oxygens (including phenoxy) is 1. The third-order valence-corrected chi connectivity index (χ3v) is 7.79. The molecule has 4 heterocycles. The maximum atomic E-state index is 13.1. The van der Waals surface area contributed by atoms with Gasteiger partial charge in [-0.3, -0.25) is 9.69 Å². The van der Waals surface area contributed by atoms with Gasteiger partial charge >= 0.3 is 5.97 Å². The van der Waals surface area contributed by atoms with Crippen LogP contribution in [-0.4, -0.2) is 23.4 Å². The van der Waals surface area contributed by atoms with Crippen LogP contribution in [0.2, 0.25) is 0 Å². The molecule has 6 nitrogen and oxygen atoms in total. The Morgan fingerprint density at radius 1 is 1.29 bits per heavy atom. The number of carbonyl (C=O) groups is 2. The average molecular weight is 430 g/mol. The van der Waals surface area contributed by atoms with E-state index in [0.29, 0.717) is 10.6 Å². The maximum absolute atomic E-state index is 13.1. The number of thiophene rings is 2. The topological polar surface area (TPSA) is 96.4 Å². The van der Waals surface area contributed by atoms with E-state index < -0.39 is 17.1 Å². The van der Waals surface area contributed by atoms with Crippen LogP contribution in [0.1, 0.15) is 27.8 Å². The summed E-state index contributed by atoms with van der Waals surface area (Å²) < 4.78 is 5.29. The smallest absolute Gasteiger partial charge is 0.337 e. The molecule has 0 radical (unpaired) electrons. The molecule has 28 heavy (non-hydrogen) atoms. The van der Waals surface area contributed by atoms with E-state index in [1.165, 1.54) is 39.3 Å². The third-order valence-electron chi connectivity index (χ3n) is 4.45. The molecule has 0 aromatic carbocycles. The van der Waals surface area contributed by atoms with Crippen molar-refractivity contribution in [3.8, 4) is 6.07 Å². The molecule has 0 bridgehead atoms. The van der Waals surface area contributed by atoms with Crippen LogP contribution in [0.3, 0.4) is 0 Å². The number of carbonyl (C=O) groups excluding carboxylic acids is 2. The first-order valence-electron chi connectivity index (χ1n) is 8.46. The van der Waals surface area contributed by atoms with Crippen molar-refractivity contribution >= 4 is 46.3 Å². The van der Waals surface area contributed by atoms with Crippen LogP contribution in [-0.2, 0) is 14.3 Å². The highest BCUT2D eigenvalue weighted by Gasteiger charge is 2.49. The average Bonchev–Trinajstić information content (AvgIpc) is 3.43. The van der Waals surface area contributed by atoms with Crippen molar-refractivity contribution in [2.45, 2.75) is 18.1 Å². The number of fused-ring (bicyclic) bond motifs is 1. The van der Waals surface area contributed by atoms with Crippen LogP contribution >= 0.6 is 34.4 Å². The van der Waals surface area contributed by atoms with Crippen LogP contribution in [0.15, 0.2) is 57.0 Å². The summed E-state index contributed by atoms with van der Waals surface area (Å²) in [5.74, 6) is -1.34. The van der Waals surface area contributed by atoms with E-state index in [2.05, 4.69) is 6.07 Å². The minimum absolute atomic E-state index is 0.0838. The standard InChI is InChI=1S/C19H15N3O3S3/c1-2-25-19(24)14-13(11-5-3-7-26-11)10(9-20)16(21)22-17(23)15(28-18(14)22)12-6-4-8-27-12/h3-8,13,15H,2,21H2,1H3/t13-,15-/m1/s1. The molecule has 2 atom stereocenters. The van der Waals surface area contributed by atoms with Crippen molar-refractivity contribution in [1.29, 1.82) is 5.26 Å². The van der Waals surface area contributed by atoms with Gasteiger partial charge in [0.05, 0.1) is 34.8 Å². The molecule has 1 amide bonds. The highest BCUT2D eigenvalue weighted by atomic mass is 32.2. The van der Waals surface area contributed by atoms with Crippen molar-refractivity contribution in [3.63, 3.8) is 0 Å². The normalized spacial score (nSPS) is 21.7. The lowest BCUT2D eigenvalue weighted by Crippen LogP contribution is -2.37. The first kappa shape index (κ1) is 18.8. The van der Waals surface area contributed by atoms with Gasteiger partial charge in [-0.05, 0) is 29.8 Å². The summed E-state index contributed by atoms with van der Waals surface area (Å²) >= 11 is 4.19. The van der Waals surface area contributed by atoms with Crippen molar-refractivity contribution in [2.75, 3.05) is 6.61 Å². The number of amides is 1. The van der Waals surface area contributed by atoms with Crippen molar-refractivity contribution in [3.05, 3.63) is 66.8 Å². The van der Waals surface area contributed by atoms with E-state index in [1.807, 2.05) is 35.0 Å². The molecule has 0 spiro atoms. The number of thioether (sulfide) groups is 1. The molecular formula is C19H15N3O3S3. The number of hydrogen-bond acceptors (Lipinski definition) is 8. The Balaban J connectivity index is 1.93.